The van der Waals surface area contributed by atoms with Gasteiger partial charge in [0.05, 0.1) is 27.0 Å². The third-order valence-electron chi connectivity index (χ3n) is 4.35. The summed E-state index contributed by atoms with van der Waals surface area (Å²) in [6.07, 6.45) is 2.58. The molecule has 7 heteroatoms. The van der Waals surface area contributed by atoms with Crippen molar-refractivity contribution in [3.8, 4) is 11.5 Å². The number of hydrogen-bond donors (Lipinski definition) is 1. The van der Waals surface area contributed by atoms with Crippen LogP contribution in [0.2, 0.25) is 5.02 Å². The molecule has 1 N–H and O–H groups in total. The van der Waals surface area contributed by atoms with Gasteiger partial charge in [-0.1, -0.05) is 35.9 Å². The molecule has 0 bridgehead atoms. The zero-order valence-electron chi connectivity index (χ0n) is 15.8. The van der Waals surface area contributed by atoms with Crippen molar-refractivity contribution in [2.45, 2.75) is 19.4 Å². The van der Waals surface area contributed by atoms with Gasteiger partial charge < -0.3 is 14.8 Å². The third-order valence-corrected chi connectivity index (χ3v) is 4.72. The zero-order chi connectivity index (χ0) is 19.9. The molecule has 0 fully saturated rings. The number of halogens is 1. The Morgan fingerprint density at radius 2 is 1.89 bits per heavy atom. The number of ether oxygens (including phenoxy) is 2. The van der Waals surface area contributed by atoms with Crippen LogP contribution in [-0.4, -0.2) is 29.9 Å². The van der Waals surface area contributed by atoms with Gasteiger partial charge in [-0.15, -0.1) is 0 Å². The summed E-state index contributed by atoms with van der Waals surface area (Å²) in [6, 6.07) is 15.0. The summed E-state index contributed by atoms with van der Waals surface area (Å²) in [7, 11) is 3.19. The second-order valence-corrected chi connectivity index (χ2v) is 6.61. The van der Waals surface area contributed by atoms with Crippen LogP contribution < -0.4 is 14.8 Å². The Labute approximate surface area is 169 Å². The quantitative estimate of drug-likeness (QED) is 0.617. The molecule has 0 aliphatic carbocycles. The Morgan fingerprint density at radius 3 is 2.64 bits per heavy atom. The molecular weight excluding hydrogens is 378 g/mol. The minimum absolute atomic E-state index is 0.0873. The highest BCUT2D eigenvalue weighted by Crippen LogP contribution is 2.28. The highest BCUT2D eigenvalue weighted by molar-refractivity contribution is 6.31. The predicted molar refractivity (Wildman–Crippen MR) is 109 cm³/mol. The maximum atomic E-state index is 12.4. The van der Waals surface area contributed by atoms with Crippen LogP contribution in [0.1, 0.15) is 17.5 Å². The molecule has 2 aromatic carbocycles. The molecule has 0 saturated heterocycles. The minimum atomic E-state index is -0.0873. The van der Waals surface area contributed by atoms with Crippen LogP contribution >= 0.6 is 11.6 Å². The Morgan fingerprint density at radius 1 is 1.11 bits per heavy atom. The normalized spacial score (nSPS) is 10.5. The number of hydrogen-bond acceptors (Lipinski definition) is 4. The molecule has 6 nitrogen and oxygen atoms in total. The molecule has 3 aromatic rings. The molecule has 0 aliphatic rings. The molecule has 1 aromatic heterocycles. The first kappa shape index (κ1) is 19.8. The molecule has 0 atom stereocenters. The van der Waals surface area contributed by atoms with E-state index in [9.17, 15) is 4.79 Å². The molecule has 0 unspecified atom stereocenters. The van der Waals surface area contributed by atoms with Crippen molar-refractivity contribution in [2.75, 3.05) is 19.5 Å². The predicted octanol–water partition coefficient (Wildman–Crippen LogP) is 4.17. The van der Waals surface area contributed by atoms with Crippen molar-refractivity contribution in [1.82, 2.24) is 9.78 Å². The van der Waals surface area contributed by atoms with Crippen LogP contribution in [-0.2, 0) is 17.8 Å². The number of carbonyl (C=O) groups excluding carboxylic acids is 1. The van der Waals surface area contributed by atoms with E-state index in [4.69, 9.17) is 21.1 Å². The maximum Gasteiger partial charge on any atom is 0.225 e. The summed E-state index contributed by atoms with van der Waals surface area (Å²) in [4.78, 5) is 12.4. The molecule has 0 radical (unpaired) electrons. The van der Waals surface area contributed by atoms with E-state index >= 15 is 0 Å². The molecule has 28 heavy (non-hydrogen) atoms. The van der Waals surface area contributed by atoms with Gasteiger partial charge in [-0.2, -0.15) is 5.10 Å². The van der Waals surface area contributed by atoms with E-state index in [1.807, 2.05) is 42.5 Å². The number of aromatic nitrogens is 2. The van der Waals surface area contributed by atoms with E-state index in [0.29, 0.717) is 41.7 Å². The van der Waals surface area contributed by atoms with Crippen LogP contribution in [0.3, 0.4) is 0 Å². The number of carbonyl (C=O) groups is 1. The summed E-state index contributed by atoms with van der Waals surface area (Å²) in [5, 5.41) is 7.86. The van der Waals surface area contributed by atoms with Crippen molar-refractivity contribution in [2.24, 2.45) is 0 Å². The van der Waals surface area contributed by atoms with E-state index in [2.05, 4.69) is 10.4 Å². The maximum absolute atomic E-state index is 12.4. The molecule has 1 amide bonds. The van der Waals surface area contributed by atoms with Gasteiger partial charge >= 0.3 is 0 Å². The fourth-order valence-corrected chi connectivity index (χ4v) is 3.05. The molecule has 1 heterocycles. The van der Waals surface area contributed by atoms with E-state index < -0.39 is 0 Å². The molecule has 3 rings (SSSR count). The Bertz CT molecular complexity index is 956. The Balaban J connectivity index is 1.60. The number of benzene rings is 2. The summed E-state index contributed by atoms with van der Waals surface area (Å²) < 4.78 is 12.3. The first-order valence-corrected chi connectivity index (χ1v) is 9.24. The number of methoxy groups -OCH3 is 2. The average molecular weight is 400 g/mol. The van der Waals surface area contributed by atoms with E-state index in [-0.39, 0.29) is 5.91 Å². The number of aryl methyl sites for hydroxylation is 1. The second kappa shape index (κ2) is 9.28. The lowest BCUT2D eigenvalue weighted by molar-refractivity contribution is -0.116. The van der Waals surface area contributed by atoms with Gasteiger partial charge in [-0.05, 0) is 35.7 Å². The van der Waals surface area contributed by atoms with Gasteiger partial charge in [-0.25, -0.2) is 4.68 Å². The van der Waals surface area contributed by atoms with Crippen LogP contribution in [0.15, 0.2) is 54.7 Å². The van der Waals surface area contributed by atoms with Crippen molar-refractivity contribution < 1.29 is 14.3 Å². The molecule has 0 aliphatic heterocycles. The monoisotopic (exact) mass is 399 g/mol. The smallest absolute Gasteiger partial charge is 0.225 e. The first-order valence-electron chi connectivity index (χ1n) is 8.86. The van der Waals surface area contributed by atoms with Gasteiger partial charge in [0, 0.05) is 17.5 Å². The van der Waals surface area contributed by atoms with Crippen molar-refractivity contribution >= 4 is 23.3 Å². The highest BCUT2D eigenvalue weighted by Gasteiger charge is 2.11. The van der Waals surface area contributed by atoms with Crippen LogP contribution in [0.5, 0.6) is 11.5 Å². The second-order valence-electron chi connectivity index (χ2n) is 6.20. The minimum Gasteiger partial charge on any atom is -0.493 e. The third kappa shape index (κ3) is 4.84. The lowest BCUT2D eigenvalue weighted by Gasteiger charge is -2.11. The summed E-state index contributed by atoms with van der Waals surface area (Å²) in [5.41, 5.74) is 1.94. The number of nitrogens with zero attached hydrogens (tertiary/aromatic N) is 2. The number of nitrogens with one attached hydrogen (secondary N) is 1. The lowest BCUT2D eigenvalue weighted by atomic mass is 10.1. The van der Waals surface area contributed by atoms with E-state index in [0.717, 1.165) is 11.1 Å². The van der Waals surface area contributed by atoms with E-state index in [1.165, 1.54) is 0 Å². The molecule has 146 valence electrons. The van der Waals surface area contributed by atoms with Gasteiger partial charge in [0.2, 0.25) is 5.91 Å². The largest absolute Gasteiger partial charge is 0.493 e. The lowest BCUT2D eigenvalue weighted by Crippen LogP contribution is -2.16. The average Bonchev–Trinajstić information content (AvgIpc) is 3.14. The molecule has 0 saturated carbocycles. The number of anilines is 1. The van der Waals surface area contributed by atoms with Crippen LogP contribution in [0.25, 0.3) is 0 Å². The topological polar surface area (TPSA) is 65.4 Å². The summed E-state index contributed by atoms with van der Waals surface area (Å²) in [5.74, 6) is 1.87. The van der Waals surface area contributed by atoms with Crippen LogP contribution in [0.4, 0.5) is 5.82 Å². The highest BCUT2D eigenvalue weighted by atomic mass is 35.5. The molecule has 0 spiro atoms. The first-order chi connectivity index (χ1) is 13.6. The Kier molecular flexibility index (Phi) is 6.55. The van der Waals surface area contributed by atoms with Gasteiger partial charge in [-0.3, -0.25) is 4.79 Å². The number of amides is 1. The molecular formula is C21H22ClN3O3. The zero-order valence-corrected chi connectivity index (χ0v) is 16.6. The summed E-state index contributed by atoms with van der Waals surface area (Å²) in [6.45, 7) is 0.484. The standard InChI is InChI=1S/C21H22ClN3O3/c1-27-18-9-7-15(13-19(18)28-2)8-10-21(26)24-20-11-12-23-25(20)14-16-5-3-4-6-17(16)22/h3-7,9,11-13H,8,10,14H2,1-2H3,(H,24,26). The summed E-state index contributed by atoms with van der Waals surface area (Å²) >= 11 is 6.22. The van der Waals surface area contributed by atoms with Crippen LogP contribution in [0, 0.1) is 0 Å². The Hall–Kier alpha value is -2.99. The van der Waals surface area contributed by atoms with E-state index in [1.54, 1.807) is 31.2 Å². The van der Waals surface area contributed by atoms with Gasteiger partial charge in [0.25, 0.3) is 0 Å². The van der Waals surface area contributed by atoms with Crippen molar-refractivity contribution in [3.63, 3.8) is 0 Å². The van der Waals surface area contributed by atoms with Gasteiger partial charge in [0.1, 0.15) is 5.82 Å². The van der Waals surface area contributed by atoms with Gasteiger partial charge in [0.15, 0.2) is 11.5 Å². The fourth-order valence-electron chi connectivity index (χ4n) is 2.85. The number of rotatable bonds is 8. The van der Waals surface area contributed by atoms with Crippen molar-refractivity contribution in [3.05, 3.63) is 70.9 Å². The SMILES string of the molecule is COc1ccc(CCC(=O)Nc2ccnn2Cc2ccccc2Cl)cc1OC. The van der Waals surface area contributed by atoms with Crippen molar-refractivity contribution in [1.29, 1.82) is 0 Å². The fraction of sp³-hybridized carbons (Fsp3) is 0.238.